The molecule has 2 rings (SSSR count). The van der Waals surface area contributed by atoms with Gasteiger partial charge in [0.15, 0.2) is 0 Å². The van der Waals surface area contributed by atoms with Crippen LogP contribution in [0.2, 0.25) is 0 Å². The SMILES string of the molecule is CCCN1C(=O)CC(Sc2ccc(N)cn2)C1=O. The van der Waals surface area contributed by atoms with Gasteiger partial charge in [0.25, 0.3) is 0 Å². The van der Waals surface area contributed by atoms with Gasteiger partial charge in [-0.05, 0) is 18.6 Å². The number of rotatable bonds is 4. The van der Waals surface area contributed by atoms with E-state index < -0.39 is 0 Å². The molecule has 18 heavy (non-hydrogen) atoms. The van der Waals surface area contributed by atoms with Crippen molar-refractivity contribution in [2.75, 3.05) is 12.3 Å². The first-order valence-corrected chi connectivity index (χ1v) is 6.72. The van der Waals surface area contributed by atoms with Crippen LogP contribution >= 0.6 is 11.8 Å². The van der Waals surface area contributed by atoms with Crippen LogP contribution in [0.4, 0.5) is 5.69 Å². The fraction of sp³-hybridized carbons (Fsp3) is 0.417. The van der Waals surface area contributed by atoms with Crippen LogP contribution in [0.3, 0.4) is 0 Å². The molecule has 0 radical (unpaired) electrons. The molecule has 1 atom stereocenters. The molecule has 0 spiro atoms. The van der Waals surface area contributed by atoms with Crippen molar-refractivity contribution in [3.05, 3.63) is 18.3 Å². The quantitative estimate of drug-likeness (QED) is 0.830. The van der Waals surface area contributed by atoms with E-state index in [0.717, 1.165) is 6.42 Å². The fourth-order valence-corrected chi connectivity index (χ4v) is 2.82. The maximum atomic E-state index is 12.0. The van der Waals surface area contributed by atoms with Crippen LogP contribution in [-0.4, -0.2) is 33.5 Å². The van der Waals surface area contributed by atoms with Crippen molar-refractivity contribution in [1.29, 1.82) is 0 Å². The third kappa shape index (κ3) is 2.64. The predicted octanol–water partition coefficient (Wildman–Crippen LogP) is 1.29. The lowest BCUT2D eigenvalue weighted by molar-refractivity contribution is -0.138. The summed E-state index contributed by atoms with van der Waals surface area (Å²) in [6, 6.07) is 3.50. The topological polar surface area (TPSA) is 76.3 Å². The Labute approximate surface area is 110 Å². The van der Waals surface area contributed by atoms with Crippen LogP contribution in [-0.2, 0) is 9.59 Å². The highest BCUT2D eigenvalue weighted by molar-refractivity contribution is 8.00. The van der Waals surface area contributed by atoms with E-state index in [-0.39, 0.29) is 23.5 Å². The zero-order valence-corrected chi connectivity index (χ0v) is 10.9. The number of hydrogen-bond donors (Lipinski definition) is 1. The van der Waals surface area contributed by atoms with Crippen molar-refractivity contribution in [3.63, 3.8) is 0 Å². The van der Waals surface area contributed by atoms with E-state index in [1.165, 1.54) is 16.7 Å². The molecule has 2 N–H and O–H groups in total. The van der Waals surface area contributed by atoms with Crippen molar-refractivity contribution in [3.8, 4) is 0 Å². The molecule has 2 heterocycles. The first-order valence-electron chi connectivity index (χ1n) is 5.84. The Hall–Kier alpha value is -1.56. The molecule has 0 saturated carbocycles. The average molecular weight is 265 g/mol. The van der Waals surface area contributed by atoms with Crippen LogP contribution in [0, 0.1) is 0 Å². The predicted molar refractivity (Wildman–Crippen MR) is 69.9 cm³/mol. The minimum absolute atomic E-state index is 0.0882. The van der Waals surface area contributed by atoms with Gasteiger partial charge < -0.3 is 5.73 Å². The molecule has 1 fully saturated rings. The van der Waals surface area contributed by atoms with E-state index in [1.807, 2.05) is 6.92 Å². The molecule has 0 aliphatic carbocycles. The maximum absolute atomic E-state index is 12.0. The first-order chi connectivity index (χ1) is 8.61. The molecule has 96 valence electrons. The number of hydrogen-bond acceptors (Lipinski definition) is 5. The molecule has 6 heteroatoms. The number of likely N-dealkylation sites (tertiary alicyclic amines) is 1. The van der Waals surface area contributed by atoms with Gasteiger partial charge in [0.1, 0.15) is 0 Å². The van der Waals surface area contributed by atoms with Crippen molar-refractivity contribution in [2.24, 2.45) is 0 Å². The molecule has 1 saturated heterocycles. The molecule has 0 bridgehead atoms. The van der Waals surface area contributed by atoms with E-state index in [4.69, 9.17) is 5.73 Å². The second kappa shape index (κ2) is 5.39. The summed E-state index contributed by atoms with van der Waals surface area (Å²) in [4.78, 5) is 29.2. The summed E-state index contributed by atoms with van der Waals surface area (Å²) in [5.41, 5.74) is 6.13. The molecule has 1 aromatic heterocycles. The second-order valence-electron chi connectivity index (χ2n) is 4.12. The maximum Gasteiger partial charge on any atom is 0.243 e. The fourth-order valence-electron chi connectivity index (χ4n) is 1.81. The highest BCUT2D eigenvalue weighted by atomic mass is 32.2. The number of nitrogen functional groups attached to an aromatic ring is 1. The second-order valence-corrected chi connectivity index (χ2v) is 5.35. The molecule has 2 amide bonds. The van der Waals surface area contributed by atoms with E-state index >= 15 is 0 Å². The van der Waals surface area contributed by atoms with Gasteiger partial charge in [0, 0.05) is 13.0 Å². The smallest absolute Gasteiger partial charge is 0.243 e. The summed E-state index contributed by atoms with van der Waals surface area (Å²) in [5, 5.41) is 0.369. The Balaban J connectivity index is 2.05. The van der Waals surface area contributed by atoms with Crippen molar-refractivity contribution in [1.82, 2.24) is 9.88 Å². The van der Waals surface area contributed by atoms with Crippen LogP contribution in [0.1, 0.15) is 19.8 Å². The monoisotopic (exact) mass is 265 g/mol. The number of nitrogens with two attached hydrogens (primary N) is 1. The number of carbonyl (C=O) groups excluding carboxylic acids is 2. The van der Waals surface area contributed by atoms with Crippen LogP contribution < -0.4 is 5.73 Å². The third-order valence-corrected chi connectivity index (χ3v) is 3.81. The Morgan fingerprint density at radius 1 is 1.50 bits per heavy atom. The minimum atomic E-state index is -0.347. The summed E-state index contributed by atoms with van der Waals surface area (Å²) in [6.07, 6.45) is 2.60. The molecule has 1 unspecified atom stereocenters. The summed E-state index contributed by atoms with van der Waals surface area (Å²) >= 11 is 1.32. The molecule has 5 nitrogen and oxygen atoms in total. The zero-order chi connectivity index (χ0) is 13.1. The van der Waals surface area contributed by atoms with Gasteiger partial charge in [-0.1, -0.05) is 18.7 Å². The number of aromatic nitrogens is 1. The largest absolute Gasteiger partial charge is 0.397 e. The van der Waals surface area contributed by atoms with Crippen LogP contribution in [0.15, 0.2) is 23.4 Å². The van der Waals surface area contributed by atoms with E-state index in [0.29, 0.717) is 17.3 Å². The molecular formula is C12H15N3O2S. The number of pyridine rings is 1. The number of imide groups is 1. The summed E-state index contributed by atoms with van der Waals surface area (Å²) in [7, 11) is 0. The highest BCUT2D eigenvalue weighted by Gasteiger charge is 2.38. The lowest BCUT2D eigenvalue weighted by Gasteiger charge is -2.13. The minimum Gasteiger partial charge on any atom is -0.397 e. The van der Waals surface area contributed by atoms with Gasteiger partial charge in [-0.3, -0.25) is 14.5 Å². The van der Waals surface area contributed by atoms with E-state index in [9.17, 15) is 9.59 Å². The number of nitrogens with zero attached hydrogens (tertiary/aromatic N) is 2. The lowest BCUT2D eigenvalue weighted by atomic mass is 10.4. The Kier molecular flexibility index (Phi) is 3.86. The van der Waals surface area contributed by atoms with Gasteiger partial charge >= 0.3 is 0 Å². The lowest BCUT2D eigenvalue weighted by Crippen LogP contribution is -2.31. The van der Waals surface area contributed by atoms with E-state index in [2.05, 4.69) is 4.98 Å². The molecule has 1 aliphatic rings. The molecule has 1 aromatic rings. The summed E-state index contributed by atoms with van der Waals surface area (Å²) in [5.74, 6) is -0.194. The van der Waals surface area contributed by atoms with Crippen LogP contribution in [0.5, 0.6) is 0 Å². The molecule has 1 aliphatic heterocycles. The van der Waals surface area contributed by atoms with Gasteiger partial charge in [-0.15, -0.1) is 0 Å². The summed E-state index contributed by atoms with van der Waals surface area (Å²) < 4.78 is 0. The Bertz CT molecular complexity index is 461. The molecular weight excluding hydrogens is 250 g/mol. The van der Waals surface area contributed by atoms with Gasteiger partial charge in [-0.2, -0.15) is 0 Å². The zero-order valence-electron chi connectivity index (χ0n) is 10.1. The molecule has 0 aromatic carbocycles. The normalized spacial score (nSPS) is 19.6. The van der Waals surface area contributed by atoms with Gasteiger partial charge in [-0.25, -0.2) is 4.98 Å². The van der Waals surface area contributed by atoms with Crippen molar-refractivity contribution in [2.45, 2.75) is 30.0 Å². The standard InChI is InChI=1S/C12H15N3O2S/c1-2-5-15-11(16)6-9(12(15)17)18-10-4-3-8(13)7-14-10/h3-4,7,9H,2,5-6,13H2,1H3. The average Bonchev–Trinajstić information content (AvgIpc) is 2.60. The van der Waals surface area contributed by atoms with Crippen LogP contribution in [0.25, 0.3) is 0 Å². The number of anilines is 1. The highest BCUT2D eigenvalue weighted by Crippen LogP contribution is 2.30. The summed E-state index contributed by atoms with van der Waals surface area (Å²) in [6.45, 7) is 2.45. The Morgan fingerprint density at radius 3 is 2.89 bits per heavy atom. The first kappa shape index (κ1) is 12.9. The van der Waals surface area contributed by atoms with Gasteiger partial charge in [0.2, 0.25) is 11.8 Å². The van der Waals surface area contributed by atoms with Crippen molar-refractivity contribution < 1.29 is 9.59 Å². The van der Waals surface area contributed by atoms with Gasteiger partial charge in [0.05, 0.1) is 22.2 Å². The number of thioether (sulfide) groups is 1. The van der Waals surface area contributed by atoms with Crippen molar-refractivity contribution >= 4 is 29.3 Å². The third-order valence-electron chi connectivity index (χ3n) is 2.67. The van der Waals surface area contributed by atoms with E-state index in [1.54, 1.807) is 18.3 Å². The number of carbonyl (C=O) groups is 2. The number of amides is 2. The Morgan fingerprint density at radius 2 is 2.28 bits per heavy atom.